The molecule has 0 bridgehead atoms. The molecule has 0 radical (unpaired) electrons. The fourth-order valence-corrected chi connectivity index (χ4v) is 1.77. The van der Waals surface area contributed by atoms with Crippen LogP contribution < -0.4 is 0 Å². The SMILES string of the molecule is Cl[C@@H]1CCC[C@H](Cl)CC1. The maximum Gasteiger partial charge on any atom is 0.0336 e. The Morgan fingerprint density at radius 3 is 1.67 bits per heavy atom. The van der Waals surface area contributed by atoms with Gasteiger partial charge in [-0.2, -0.15) is 0 Å². The van der Waals surface area contributed by atoms with Crippen LogP contribution in [0.15, 0.2) is 0 Å². The molecule has 0 aromatic heterocycles. The molecule has 54 valence electrons. The summed E-state index contributed by atoms with van der Waals surface area (Å²) < 4.78 is 0. The smallest absolute Gasteiger partial charge is 0.0336 e. The van der Waals surface area contributed by atoms with Crippen molar-refractivity contribution in [3.05, 3.63) is 0 Å². The molecule has 0 aliphatic heterocycles. The van der Waals surface area contributed by atoms with Crippen molar-refractivity contribution >= 4 is 23.2 Å². The topological polar surface area (TPSA) is 0 Å². The first-order valence-electron chi connectivity index (χ1n) is 3.57. The van der Waals surface area contributed by atoms with Crippen molar-refractivity contribution in [1.82, 2.24) is 0 Å². The number of rotatable bonds is 0. The van der Waals surface area contributed by atoms with Crippen LogP contribution >= 0.6 is 23.2 Å². The summed E-state index contributed by atoms with van der Waals surface area (Å²) in [5.41, 5.74) is 0. The van der Waals surface area contributed by atoms with E-state index in [-0.39, 0.29) is 0 Å². The third-order valence-electron chi connectivity index (χ3n) is 1.83. The predicted octanol–water partition coefficient (Wildman–Crippen LogP) is 3.17. The molecule has 1 fully saturated rings. The van der Waals surface area contributed by atoms with Gasteiger partial charge in [-0.05, 0) is 25.7 Å². The van der Waals surface area contributed by atoms with Gasteiger partial charge in [0, 0.05) is 10.8 Å². The van der Waals surface area contributed by atoms with Crippen LogP contribution in [0, 0.1) is 0 Å². The summed E-state index contributed by atoms with van der Waals surface area (Å²) in [6.45, 7) is 0. The number of halogens is 2. The molecule has 1 saturated carbocycles. The lowest BCUT2D eigenvalue weighted by molar-refractivity contribution is 0.709. The molecule has 0 aromatic rings. The van der Waals surface area contributed by atoms with Gasteiger partial charge < -0.3 is 0 Å². The van der Waals surface area contributed by atoms with Gasteiger partial charge in [-0.15, -0.1) is 23.2 Å². The van der Waals surface area contributed by atoms with Crippen LogP contribution in [-0.2, 0) is 0 Å². The zero-order valence-corrected chi connectivity index (χ0v) is 6.96. The van der Waals surface area contributed by atoms with Crippen LogP contribution in [0.5, 0.6) is 0 Å². The molecule has 0 unspecified atom stereocenters. The Morgan fingerprint density at radius 1 is 0.778 bits per heavy atom. The summed E-state index contributed by atoms with van der Waals surface area (Å²) in [4.78, 5) is 0. The minimum atomic E-state index is 0.397. The van der Waals surface area contributed by atoms with Gasteiger partial charge >= 0.3 is 0 Å². The van der Waals surface area contributed by atoms with Crippen LogP contribution in [0.1, 0.15) is 32.1 Å². The largest absolute Gasteiger partial charge is 0.123 e. The van der Waals surface area contributed by atoms with E-state index in [1.807, 2.05) is 0 Å². The van der Waals surface area contributed by atoms with Gasteiger partial charge in [0.2, 0.25) is 0 Å². The lowest BCUT2D eigenvalue weighted by Crippen LogP contribution is -1.96. The molecule has 2 atom stereocenters. The second-order valence-corrected chi connectivity index (χ2v) is 3.94. The van der Waals surface area contributed by atoms with Crippen molar-refractivity contribution in [2.45, 2.75) is 42.9 Å². The first-order chi connectivity index (χ1) is 4.29. The molecular formula is C7H12Cl2. The van der Waals surface area contributed by atoms with Gasteiger partial charge in [0.05, 0.1) is 0 Å². The van der Waals surface area contributed by atoms with Crippen molar-refractivity contribution < 1.29 is 0 Å². The molecule has 9 heavy (non-hydrogen) atoms. The summed E-state index contributed by atoms with van der Waals surface area (Å²) >= 11 is 11.9. The van der Waals surface area contributed by atoms with Gasteiger partial charge in [-0.25, -0.2) is 0 Å². The van der Waals surface area contributed by atoms with Crippen LogP contribution in [0.4, 0.5) is 0 Å². The Balaban J connectivity index is 2.25. The minimum Gasteiger partial charge on any atom is -0.123 e. The van der Waals surface area contributed by atoms with E-state index in [0.29, 0.717) is 10.8 Å². The van der Waals surface area contributed by atoms with Crippen LogP contribution in [0.2, 0.25) is 0 Å². The molecule has 1 rings (SSSR count). The molecule has 0 spiro atoms. The van der Waals surface area contributed by atoms with Gasteiger partial charge in [-0.1, -0.05) is 6.42 Å². The van der Waals surface area contributed by atoms with E-state index in [9.17, 15) is 0 Å². The highest BCUT2D eigenvalue weighted by Gasteiger charge is 2.14. The lowest BCUT2D eigenvalue weighted by atomic mass is 10.2. The molecule has 0 saturated heterocycles. The Morgan fingerprint density at radius 2 is 1.22 bits per heavy atom. The van der Waals surface area contributed by atoms with Crippen molar-refractivity contribution in [2.75, 3.05) is 0 Å². The Hall–Kier alpha value is 0.580. The highest BCUT2D eigenvalue weighted by atomic mass is 35.5. The summed E-state index contributed by atoms with van der Waals surface area (Å²) in [6.07, 6.45) is 5.74. The van der Waals surface area contributed by atoms with Crippen molar-refractivity contribution in [1.29, 1.82) is 0 Å². The first-order valence-corrected chi connectivity index (χ1v) is 4.44. The molecule has 0 N–H and O–H groups in total. The van der Waals surface area contributed by atoms with Gasteiger partial charge in [0.1, 0.15) is 0 Å². The van der Waals surface area contributed by atoms with Crippen molar-refractivity contribution in [3.63, 3.8) is 0 Å². The maximum atomic E-state index is 5.93. The number of alkyl halides is 2. The highest BCUT2D eigenvalue weighted by Crippen LogP contribution is 2.24. The van der Waals surface area contributed by atoms with Gasteiger partial charge in [-0.3, -0.25) is 0 Å². The standard InChI is InChI=1S/C7H12Cl2/c8-6-2-1-3-7(9)5-4-6/h6-7H,1-5H2/t6-,7+. The zero-order valence-electron chi connectivity index (χ0n) is 5.45. The molecular weight excluding hydrogens is 155 g/mol. The summed E-state index contributed by atoms with van der Waals surface area (Å²) in [5, 5.41) is 0.794. The van der Waals surface area contributed by atoms with Crippen LogP contribution in [0.25, 0.3) is 0 Å². The quantitative estimate of drug-likeness (QED) is 0.384. The third-order valence-corrected chi connectivity index (χ3v) is 2.70. The predicted molar refractivity (Wildman–Crippen MR) is 42.4 cm³/mol. The normalized spacial score (nSPS) is 38.0. The van der Waals surface area contributed by atoms with Gasteiger partial charge in [0.25, 0.3) is 0 Å². The molecule has 1 aliphatic rings. The van der Waals surface area contributed by atoms with E-state index in [2.05, 4.69) is 0 Å². The van der Waals surface area contributed by atoms with Crippen LogP contribution in [-0.4, -0.2) is 10.8 Å². The number of hydrogen-bond acceptors (Lipinski definition) is 0. The Bertz CT molecular complexity index is 73.0. The van der Waals surface area contributed by atoms with E-state index >= 15 is 0 Å². The van der Waals surface area contributed by atoms with Crippen LogP contribution in [0.3, 0.4) is 0 Å². The zero-order chi connectivity index (χ0) is 6.69. The van der Waals surface area contributed by atoms with E-state index < -0.39 is 0 Å². The molecule has 0 aromatic carbocycles. The molecule has 0 nitrogen and oxygen atoms in total. The first kappa shape index (κ1) is 7.68. The summed E-state index contributed by atoms with van der Waals surface area (Å²) in [6, 6.07) is 0. The number of hydrogen-bond donors (Lipinski definition) is 0. The van der Waals surface area contributed by atoms with Gasteiger partial charge in [0.15, 0.2) is 0 Å². The van der Waals surface area contributed by atoms with Crippen molar-refractivity contribution in [2.24, 2.45) is 0 Å². The van der Waals surface area contributed by atoms with E-state index in [1.165, 1.54) is 6.42 Å². The average molecular weight is 167 g/mol. The Labute approximate surface area is 66.5 Å². The molecule has 0 amide bonds. The highest BCUT2D eigenvalue weighted by molar-refractivity contribution is 6.21. The average Bonchev–Trinajstić information content (AvgIpc) is 1.97. The third kappa shape index (κ3) is 2.77. The lowest BCUT2D eigenvalue weighted by Gasteiger charge is -2.02. The maximum absolute atomic E-state index is 5.93. The summed E-state index contributed by atoms with van der Waals surface area (Å²) in [7, 11) is 0. The molecule has 2 heteroatoms. The Kier molecular flexibility index (Phi) is 3.14. The molecule has 0 heterocycles. The molecule has 1 aliphatic carbocycles. The second-order valence-electron chi connectivity index (χ2n) is 2.70. The fourth-order valence-electron chi connectivity index (χ4n) is 1.21. The second kappa shape index (κ2) is 3.68. The van der Waals surface area contributed by atoms with E-state index in [1.54, 1.807) is 0 Å². The minimum absolute atomic E-state index is 0.397. The van der Waals surface area contributed by atoms with E-state index in [0.717, 1.165) is 25.7 Å². The summed E-state index contributed by atoms with van der Waals surface area (Å²) in [5.74, 6) is 0. The van der Waals surface area contributed by atoms with E-state index in [4.69, 9.17) is 23.2 Å². The fraction of sp³-hybridized carbons (Fsp3) is 1.00. The monoisotopic (exact) mass is 166 g/mol. The van der Waals surface area contributed by atoms with Crippen molar-refractivity contribution in [3.8, 4) is 0 Å².